The molecule has 7 nitrogen and oxygen atoms in total. The summed E-state index contributed by atoms with van der Waals surface area (Å²) >= 11 is 0. The molecule has 2 aromatic heterocycles. The zero-order chi connectivity index (χ0) is 17.1. The maximum Gasteiger partial charge on any atom is 0.253 e. The van der Waals surface area contributed by atoms with E-state index in [9.17, 15) is 9.59 Å². The van der Waals surface area contributed by atoms with Crippen LogP contribution in [-0.2, 0) is 24.2 Å². The first kappa shape index (κ1) is 16.4. The zero-order valence-corrected chi connectivity index (χ0v) is 14.0. The number of amides is 1. The first-order valence-electron chi connectivity index (χ1n) is 8.10. The highest BCUT2D eigenvalue weighted by atomic mass is 16.5. The van der Waals surface area contributed by atoms with Crippen LogP contribution in [0.5, 0.6) is 0 Å². The van der Waals surface area contributed by atoms with Crippen molar-refractivity contribution in [2.45, 2.75) is 38.9 Å². The second kappa shape index (κ2) is 7.00. The summed E-state index contributed by atoms with van der Waals surface area (Å²) in [7, 11) is 1.58. The van der Waals surface area contributed by atoms with Crippen LogP contribution < -0.4 is 10.9 Å². The van der Waals surface area contributed by atoms with E-state index >= 15 is 0 Å². The summed E-state index contributed by atoms with van der Waals surface area (Å²) in [6.07, 6.45) is 5.32. The van der Waals surface area contributed by atoms with Crippen LogP contribution in [0, 0.1) is 6.92 Å². The molecule has 0 saturated heterocycles. The van der Waals surface area contributed by atoms with Crippen molar-refractivity contribution in [3.8, 4) is 0 Å². The number of fused-ring (bicyclic) bond motifs is 1. The van der Waals surface area contributed by atoms with Gasteiger partial charge < -0.3 is 19.2 Å². The molecule has 3 rings (SSSR count). The van der Waals surface area contributed by atoms with Crippen molar-refractivity contribution < 1.29 is 9.53 Å². The summed E-state index contributed by atoms with van der Waals surface area (Å²) in [5, 5.41) is 3.05. The molecular formula is C17H22N4O3. The number of methoxy groups -OCH3 is 1. The minimum Gasteiger partial charge on any atom is -0.383 e. The van der Waals surface area contributed by atoms with Crippen LogP contribution in [0.15, 0.2) is 29.3 Å². The molecule has 1 unspecified atom stereocenters. The third-order valence-electron chi connectivity index (χ3n) is 4.23. The van der Waals surface area contributed by atoms with Gasteiger partial charge in [-0.1, -0.05) is 0 Å². The second-order valence-corrected chi connectivity index (χ2v) is 6.10. The molecule has 0 saturated carbocycles. The third kappa shape index (κ3) is 3.56. The van der Waals surface area contributed by atoms with E-state index in [2.05, 4.69) is 14.9 Å². The van der Waals surface area contributed by atoms with Crippen LogP contribution in [0.4, 0.5) is 0 Å². The lowest BCUT2D eigenvalue weighted by Crippen LogP contribution is -2.41. The first-order valence-corrected chi connectivity index (χ1v) is 8.10. The topological polar surface area (TPSA) is 78.2 Å². The number of ether oxygens (including phenoxy) is 1. The molecule has 0 aliphatic carbocycles. The SMILES string of the molecule is COCCn1cc(C(=O)NC2CCc3nc(C)cn3C2)ccc1=O. The molecule has 0 spiro atoms. The number of hydrogen-bond donors (Lipinski definition) is 1. The van der Waals surface area contributed by atoms with Crippen molar-refractivity contribution in [1.82, 2.24) is 19.4 Å². The van der Waals surface area contributed by atoms with Gasteiger partial charge in [0.1, 0.15) is 5.82 Å². The van der Waals surface area contributed by atoms with Gasteiger partial charge in [0.05, 0.1) is 17.9 Å². The molecule has 0 bridgehead atoms. The number of rotatable bonds is 5. The maximum atomic E-state index is 12.5. The zero-order valence-electron chi connectivity index (χ0n) is 14.0. The lowest BCUT2D eigenvalue weighted by atomic mass is 10.1. The number of nitrogens with one attached hydrogen (secondary N) is 1. The lowest BCUT2D eigenvalue weighted by molar-refractivity contribution is 0.0926. The molecule has 0 radical (unpaired) electrons. The molecule has 1 aliphatic heterocycles. The fraction of sp³-hybridized carbons (Fsp3) is 0.471. The maximum absolute atomic E-state index is 12.5. The fourth-order valence-electron chi connectivity index (χ4n) is 3.00. The Kier molecular flexibility index (Phi) is 4.80. The summed E-state index contributed by atoms with van der Waals surface area (Å²) < 4.78 is 8.59. The van der Waals surface area contributed by atoms with E-state index in [-0.39, 0.29) is 17.5 Å². The van der Waals surface area contributed by atoms with Gasteiger partial charge in [-0.2, -0.15) is 0 Å². The molecule has 1 atom stereocenters. The number of hydrogen-bond acceptors (Lipinski definition) is 4. The van der Waals surface area contributed by atoms with Crippen LogP contribution in [0.2, 0.25) is 0 Å². The number of pyridine rings is 1. The minimum absolute atomic E-state index is 0.0675. The Morgan fingerprint density at radius 1 is 1.42 bits per heavy atom. The van der Waals surface area contributed by atoms with E-state index in [1.165, 1.54) is 10.6 Å². The molecule has 128 valence electrons. The van der Waals surface area contributed by atoms with Crippen molar-refractivity contribution in [1.29, 1.82) is 0 Å². The summed E-state index contributed by atoms with van der Waals surface area (Å²) in [5.41, 5.74) is 1.35. The molecule has 3 heterocycles. The molecular weight excluding hydrogens is 308 g/mol. The van der Waals surface area contributed by atoms with Crippen LogP contribution in [0.25, 0.3) is 0 Å². The Bertz CT molecular complexity index is 793. The number of carbonyl (C=O) groups is 1. The number of carbonyl (C=O) groups excluding carboxylic acids is 1. The molecule has 0 fully saturated rings. The highest BCUT2D eigenvalue weighted by Crippen LogP contribution is 2.15. The monoisotopic (exact) mass is 330 g/mol. The summed E-state index contributed by atoms with van der Waals surface area (Å²) in [5.74, 6) is 0.914. The number of imidazole rings is 1. The minimum atomic E-state index is -0.161. The van der Waals surface area contributed by atoms with E-state index in [1.54, 1.807) is 19.4 Å². The molecule has 7 heteroatoms. The van der Waals surface area contributed by atoms with E-state index in [1.807, 2.05) is 13.1 Å². The van der Waals surface area contributed by atoms with E-state index < -0.39 is 0 Å². The predicted octanol–water partition coefficient (Wildman–Crippen LogP) is 0.744. The molecule has 1 aliphatic rings. The van der Waals surface area contributed by atoms with Gasteiger partial charge in [-0.05, 0) is 19.4 Å². The first-order chi connectivity index (χ1) is 11.6. The van der Waals surface area contributed by atoms with E-state index in [0.717, 1.165) is 30.9 Å². The molecule has 1 N–H and O–H groups in total. The van der Waals surface area contributed by atoms with Crippen LogP contribution in [-0.4, -0.2) is 39.8 Å². The van der Waals surface area contributed by atoms with Crippen molar-refractivity contribution >= 4 is 5.91 Å². The van der Waals surface area contributed by atoms with Gasteiger partial charge >= 0.3 is 0 Å². The van der Waals surface area contributed by atoms with Crippen LogP contribution in [0.1, 0.15) is 28.3 Å². The average Bonchev–Trinajstić information content (AvgIpc) is 2.93. The normalized spacial score (nSPS) is 16.7. The molecule has 2 aromatic rings. The second-order valence-electron chi connectivity index (χ2n) is 6.10. The van der Waals surface area contributed by atoms with Gasteiger partial charge in [0.15, 0.2) is 0 Å². The van der Waals surface area contributed by atoms with Crippen molar-refractivity contribution in [3.05, 3.63) is 52.0 Å². The van der Waals surface area contributed by atoms with Gasteiger partial charge in [0.25, 0.3) is 11.5 Å². The highest BCUT2D eigenvalue weighted by Gasteiger charge is 2.21. The Morgan fingerprint density at radius 2 is 2.25 bits per heavy atom. The van der Waals surface area contributed by atoms with Crippen LogP contribution in [0.3, 0.4) is 0 Å². The predicted molar refractivity (Wildman–Crippen MR) is 89.1 cm³/mol. The summed E-state index contributed by atoms with van der Waals surface area (Å²) in [4.78, 5) is 28.8. The Balaban J connectivity index is 1.68. The third-order valence-corrected chi connectivity index (χ3v) is 4.23. The van der Waals surface area contributed by atoms with E-state index in [0.29, 0.717) is 18.7 Å². The molecule has 24 heavy (non-hydrogen) atoms. The van der Waals surface area contributed by atoms with Gasteiger partial charge in [0, 0.05) is 51.1 Å². The number of aryl methyl sites for hydroxylation is 2. The smallest absolute Gasteiger partial charge is 0.253 e. The number of aromatic nitrogens is 3. The van der Waals surface area contributed by atoms with Gasteiger partial charge in [-0.15, -0.1) is 0 Å². The summed E-state index contributed by atoms with van der Waals surface area (Å²) in [6.45, 7) is 3.56. The van der Waals surface area contributed by atoms with Gasteiger partial charge in [-0.3, -0.25) is 9.59 Å². The van der Waals surface area contributed by atoms with Gasteiger partial charge in [-0.25, -0.2) is 4.98 Å². The van der Waals surface area contributed by atoms with Crippen LogP contribution >= 0.6 is 0 Å². The average molecular weight is 330 g/mol. The Labute approximate surface area is 140 Å². The fourth-order valence-corrected chi connectivity index (χ4v) is 3.00. The van der Waals surface area contributed by atoms with Crippen molar-refractivity contribution in [2.75, 3.05) is 13.7 Å². The van der Waals surface area contributed by atoms with Crippen molar-refractivity contribution in [3.63, 3.8) is 0 Å². The lowest BCUT2D eigenvalue weighted by Gasteiger charge is -2.24. The van der Waals surface area contributed by atoms with Gasteiger partial charge in [0.2, 0.25) is 0 Å². The quantitative estimate of drug-likeness (QED) is 0.877. The van der Waals surface area contributed by atoms with E-state index in [4.69, 9.17) is 4.74 Å². The largest absolute Gasteiger partial charge is 0.383 e. The Hall–Kier alpha value is -2.41. The standard InChI is InChI=1S/C17H22N4O3/c1-12-9-21-11-14(4-5-15(21)18-12)19-17(23)13-3-6-16(22)20(10-13)7-8-24-2/h3,6,9-10,14H,4-5,7-8,11H2,1-2H3,(H,19,23). The highest BCUT2D eigenvalue weighted by molar-refractivity contribution is 5.94. The summed E-state index contributed by atoms with van der Waals surface area (Å²) in [6, 6.07) is 3.05. The van der Waals surface area contributed by atoms with Crippen molar-refractivity contribution in [2.24, 2.45) is 0 Å². The number of nitrogens with zero attached hydrogens (tertiary/aromatic N) is 3. The molecule has 0 aromatic carbocycles. The molecule has 1 amide bonds. The Morgan fingerprint density at radius 3 is 3.04 bits per heavy atom.